The number of carbonyl (C=O) groups excluding carboxylic acids is 1. The van der Waals surface area contributed by atoms with Crippen LogP contribution in [0, 0.1) is 0 Å². The SMILES string of the molecule is CC(=O)c1c(O)c(O)c(O)c2c1OC(C)(C)C=C2. The molecular weight excluding hydrogens is 236 g/mol. The molecule has 0 aromatic heterocycles. The van der Waals surface area contributed by atoms with E-state index in [0.717, 1.165) is 0 Å². The molecule has 3 N–H and O–H groups in total. The number of benzene rings is 1. The molecule has 0 bridgehead atoms. The number of phenols is 3. The van der Waals surface area contributed by atoms with Crippen molar-refractivity contribution < 1.29 is 24.9 Å². The predicted octanol–water partition coefficient (Wildman–Crippen LogP) is 2.19. The molecule has 1 aromatic carbocycles. The Bertz CT molecular complexity index is 569. The highest BCUT2D eigenvalue weighted by Gasteiger charge is 2.32. The Morgan fingerprint density at radius 3 is 2.33 bits per heavy atom. The molecule has 5 heteroatoms. The molecule has 96 valence electrons. The number of rotatable bonds is 1. The van der Waals surface area contributed by atoms with Crippen LogP contribution in [-0.4, -0.2) is 26.7 Å². The molecule has 0 spiro atoms. The van der Waals surface area contributed by atoms with Crippen molar-refractivity contribution >= 4 is 11.9 Å². The summed E-state index contributed by atoms with van der Waals surface area (Å²) in [6, 6.07) is 0. The summed E-state index contributed by atoms with van der Waals surface area (Å²) in [5, 5.41) is 29.1. The van der Waals surface area contributed by atoms with Crippen LogP contribution in [0.3, 0.4) is 0 Å². The zero-order valence-corrected chi connectivity index (χ0v) is 10.3. The van der Waals surface area contributed by atoms with Crippen LogP contribution in [0.1, 0.15) is 36.7 Å². The summed E-state index contributed by atoms with van der Waals surface area (Å²) in [5.74, 6) is -2.25. The first-order valence-corrected chi connectivity index (χ1v) is 5.44. The van der Waals surface area contributed by atoms with E-state index >= 15 is 0 Å². The van der Waals surface area contributed by atoms with Crippen LogP contribution in [0.5, 0.6) is 23.0 Å². The maximum atomic E-state index is 11.6. The van der Waals surface area contributed by atoms with Gasteiger partial charge in [0, 0.05) is 0 Å². The number of carbonyl (C=O) groups is 1. The molecule has 2 rings (SSSR count). The van der Waals surface area contributed by atoms with Crippen LogP contribution in [0.15, 0.2) is 6.08 Å². The minimum Gasteiger partial charge on any atom is -0.504 e. The molecule has 1 aliphatic heterocycles. The second-order valence-electron chi connectivity index (χ2n) is 4.76. The molecule has 0 unspecified atom stereocenters. The Morgan fingerprint density at radius 1 is 1.17 bits per heavy atom. The molecule has 0 aliphatic carbocycles. The quantitative estimate of drug-likeness (QED) is 0.525. The lowest BCUT2D eigenvalue weighted by molar-refractivity contribution is 0.0995. The zero-order chi connectivity index (χ0) is 13.7. The molecule has 1 aliphatic rings. The van der Waals surface area contributed by atoms with Crippen LogP contribution >= 0.6 is 0 Å². The number of fused-ring (bicyclic) bond motifs is 1. The molecule has 0 saturated heterocycles. The van der Waals surface area contributed by atoms with Crippen molar-refractivity contribution in [3.63, 3.8) is 0 Å². The maximum absolute atomic E-state index is 11.6. The first-order chi connectivity index (χ1) is 8.24. The van der Waals surface area contributed by atoms with E-state index in [0.29, 0.717) is 0 Å². The summed E-state index contributed by atoms with van der Waals surface area (Å²) < 4.78 is 5.59. The van der Waals surface area contributed by atoms with Gasteiger partial charge in [-0.25, -0.2) is 0 Å². The van der Waals surface area contributed by atoms with Crippen LogP contribution in [0.2, 0.25) is 0 Å². The summed E-state index contributed by atoms with van der Waals surface area (Å²) in [6.45, 7) is 4.80. The minimum atomic E-state index is -0.716. The van der Waals surface area contributed by atoms with Crippen LogP contribution < -0.4 is 4.74 Å². The standard InChI is InChI=1S/C13H14O5/c1-6(14)8-10(16)11(17)9(15)7-4-5-13(2,3)18-12(7)8/h4-5,15-17H,1-3H3. The Morgan fingerprint density at radius 2 is 1.78 bits per heavy atom. The van der Waals surface area contributed by atoms with Crippen molar-refractivity contribution in [3.8, 4) is 23.0 Å². The third-order valence-electron chi connectivity index (χ3n) is 2.78. The Kier molecular flexibility index (Phi) is 2.50. The van der Waals surface area contributed by atoms with Gasteiger partial charge in [0.2, 0.25) is 5.75 Å². The van der Waals surface area contributed by atoms with Gasteiger partial charge in [0.25, 0.3) is 0 Å². The van der Waals surface area contributed by atoms with Crippen LogP contribution in [-0.2, 0) is 0 Å². The van der Waals surface area contributed by atoms with Gasteiger partial charge in [-0.3, -0.25) is 4.79 Å². The lowest BCUT2D eigenvalue weighted by atomic mass is 9.96. The number of aromatic hydroxyl groups is 3. The van der Waals surface area contributed by atoms with Crippen molar-refractivity contribution in [1.29, 1.82) is 0 Å². The van der Waals surface area contributed by atoms with Gasteiger partial charge in [0.1, 0.15) is 16.9 Å². The third-order valence-corrected chi connectivity index (χ3v) is 2.78. The number of ketones is 1. The molecule has 0 atom stereocenters. The summed E-state index contributed by atoms with van der Waals surface area (Å²) in [5.41, 5.74) is -0.597. The van der Waals surface area contributed by atoms with E-state index in [9.17, 15) is 20.1 Å². The van der Waals surface area contributed by atoms with E-state index in [1.54, 1.807) is 26.0 Å². The number of phenolic OH excluding ortho intramolecular Hbond substituents is 3. The van der Waals surface area contributed by atoms with Crippen molar-refractivity contribution in [1.82, 2.24) is 0 Å². The topological polar surface area (TPSA) is 87.0 Å². The summed E-state index contributed by atoms with van der Waals surface area (Å²) in [6.07, 6.45) is 3.25. The Hall–Kier alpha value is -2.17. The molecule has 0 saturated carbocycles. The molecule has 1 heterocycles. The smallest absolute Gasteiger partial charge is 0.201 e. The van der Waals surface area contributed by atoms with Gasteiger partial charge in [-0.05, 0) is 32.9 Å². The number of ether oxygens (including phenoxy) is 1. The average Bonchev–Trinajstić information content (AvgIpc) is 2.24. The van der Waals surface area contributed by atoms with Gasteiger partial charge < -0.3 is 20.1 Å². The zero-order valence-electron chi connectivity index (χ0n) is 10.3. The predicted molar refractivity (Wildman–Crippen MR) is 65.2 cm³/mol. The van der Waals surface area contributed by atoms with Gasteiger partial charge in [-0.2, -0.15) is 0 Å². The fraction of sp³-hybridized carbons (Fsp3) is 0.308. The van der Waals surface area contributed by atoms with E-state index in [4.69, 9.17) is 4.74 Å². The van der Waals surface area contributed by atoms with Crippen molar-refractivity contribution in [2.45, 2.75) is 26.4 Å². The highest BCUT2D eigenvalue weighted by Crippen LogP contribution is 2.50. The van der Waals surface area contributed by atoms with Gasteiger partial charge in [-0.15, -0.1) is 0 Å². The summed E-state index contributed by atoms with van der Waals surface area (Å²) in [7, 11) is 0. The van der Waals surface area contributed by atoms with E-state index < -0.39 is 28.6 Å². The van der Waals surface area contributed by atoms with Crippen LogP contribution in [0.25, 0.3) is 6.08 Å². The lowest BCUT2D eigenvalue weighted by Gasteiger charge is -2.29. The summed E-state index contributed by atoms with van der Waals surface area (Å²) >= 11 is 0. The first-order valence-electron chi connectivity index (χ1n) is 5.44. The molecule has 0 radical (unpaired) electrons. The van der Waals surface area contributed by atoms with Gasteiger partial charge in [0.05, 0.1) is 5.56 Å². The number of hydrogen-bond donors (Lipinski definition) is 3. The maximum Gasteiger partial charge on any atom is 0.201 e. The molecule has 0 fully saturated rings. The first kappa shape index (κ1) is 12.3. The molecule has 0 amide bonds. The minimum absolute atomic E-state index is 0.0859. The fourth-order valence-corrected chi connectivity index (χ4v) is 1.88. The van der Waals surface area contributed by atoms with E-state index in [-0.39, 0.29) is 16.9 Å². The number of Topliss-reactive ketones (excluding diaryl/α,β-unsaturated/α-hetero) is 1. The van der Waals surface area contributed by atoms with Crippen molar-refractivity contribution in [2.24, 2.45) is 0 Å². The van der Waals surface area contributed by atoms with Crippen molar-refractivity contribution in [2.75, 3.05) is 0 Å². The van der Waals surface area contributed by atoms with Crippen molar-refractivity contribution in [3.05, 3.63) is 17.2 Å². The fourth-order valence-electron chi connectivity index (χ4n) is 1.88. The average molecular weight is 250 g/mol. The molecule has 18 heavy (non-hydrogen) atoms. The lowest BCUT2D eigenvalue weighted by Crippen LogP contribution is -2.28. The molecule has 1 aromatic rings. The summed E-state index contributed by atoms with van der Waals surface area (Å²) in [4.78, 5) is 11.6. The highest BCUT2D eigenvalue weighted by molar-refractivity contribution is 6.03. The largest absolute Gasteiger partial charge is 0.504 e. The van der Waals surface area contributed by atoms with E-state index in [2.05, 4.69) is 0 Å². The van der Waals surface area contributed by atoms with Gasteiger partial charge >= 0.3 is 0 Å². The van der Waals surface area contributed by atoms with E-state index in [1.807, 2.05) is 0 Å². The monoisotopic (exact) mass is 250 g/mol. The van der Waals surface area contributed by atoms with E-state index in [1.165, 1.54) is 6.92 Å². The normalized spacial score (nSPS) is 15.9. The Labute approximate surface area is 104 Å². The van der Waals surface area contributed by atoms with Gasteiger partial charge in [-0.1, -0.05) is 0 Å². The Balaban J connectivity index is 2.82. The number of hydrogen-bond acceptors (Lipinski definition) is 5. The van der Waals surface area contributed by atoms with Gasteiger partial charge in [0.15, 0.2) is 17.3 Å². The van der Waals surface area contributed by atoms with Crippen LogP contribution in [0.4, 0.5) is 0 Å². The second-order valence-corrected chi connectivity index (χ2v) is 4.76. The second kappa shape index (κ2) is 3.66. The molecular formula is C13H14O5. The third kappa shape index (κ3) is 1.68. The highest BCUT2D eigenvalue weighted by atomic mass is 16.5. The molecule has 5 nitrogen and oxygen atoms in total.